The van der Waals surface area contributed by atoms with Crippen LogP contribution in [0, 0.1) is 6.92 Å². The molecule has 1 aliphatic heterocycles. The number of carbonyl (C=O) groups is 1. The summed E-state index contributed by atoms with van der Waals surface area (Å²) in [5.74, 6) is 0.167. The van der Waals surface area contributed by atoms with Gasteiger partial charge in [0.25, 0.3) is 5.91 Å². The van der Waals surface area contributed by atoms with E-state index in [-0.39, 0.29) is 5.91 Å². The third-order valence-electron chi connectivity index (χ3n) is 4.67. The van der Waals surface area contributed by atoms with E-state index in [1.807, 2.05) is 37.3 Å². The van der Waals surface area contributed by atoms with Gasteiger partial charge >= 0.3 is 0 Å². The number of oxime groups is 1. The molecule has 0 saturated heterocycles. The van der Waals surface area contributed by atoms with Gasteiger partial charge in [-0.05, 0) is 36.8 Å². The maximum atomic E-state index is 12.6. The number of anilines is 1. The summed E-state index contributed by atoms with van der Waals surface area (Å²) >= 11 is 15.5. The minimum absolute atomic E-state index is 0.289. The van der Waals surface area contributed by atoms with E-state index in [1.165, 1.54) is 0 Å². The predicted octanol–water partition coefficient (Wildman–Crippen LogP) is 5.44. The normalized spacial score (nSPS) is 15.6. The summed E-state index contributed by atoms with van der Waals surface area (Å²) in [5, 5.41) is 12.3. The average Bonchev–Trinajstić information content (AvgIpc) is 3.32. The lowest BCUT2D eigenvalue weighted by Crippen LogP contribution is -2.28. The molecule has 2 heterocycles. The van der Waals surface area contributed by atoms with Gasteiger partial charge in [-0.3, -0.25) is 9.48 Å². The van der Waals surface area contributed by atoms with E-state index in [0.717, 1.165) is 27.0 Å². The highest BCUT2D eigenvalue weighted by Crippen LogP contribution is 2.24. The number of benzene rings is 2. The zero-order chi connectivity index (χ0) is 21.3. The Bertz CT molecular complexity index is 1150. The second-order valence-electron chi connectivity index (χ2n) is 6.91. The number of carbonyl (C=O) groups excluding carboxylic acids is 1. The van der Waals surface area contributed by atoms with E-state index in [4.69, 9.17) is 28.0 Å². The van der Waals surface area contributed by atoms with Crippen LogP contribution in [0.5, 0.6) is 0 Å². The fourth-order valence-corrected chi connectivity index (χ4v) is 3.83. The molecule has 0 fully saturated rings. The van der Waals surface area contributed by atoms with Crippen LogP contribution >= 0.6 is 39.1 Å². The maximum absolute atomic E-state index is 12.6. The Hall–Kier alpha value is -2.35. The SMILES string of the molecule is Cc1cc(NC(=O)C2CC(c3cccc(Br)c3)=NO2)nn1Cc1ccc(Cl)c(Cl)c1. The second kappa shape index (κ2) is 8.79. The number of nitrogens with one attached hydrogen (secondary N) is 1. The first kappa shape index (κ1) is 20.9. The summed E-state index contributed by atoms with van der Waals surface area (Å²) in [6.07, 6.45) is -0.301. The molecule has 1 N–H and O–H groups in total. The predicted molar refractivity (Wildman–Crippen MR) is 121 cm³/mol. The molecule has 0 spiro atoms. The third-order valence-corrected chi connectivity index (χ3v) is 5.90. The van der Waals surface area contributed by atoms with Crippen LogP contribution in [-0.4, -0.2) is 27.5 Å². The van der Waals surface area contributed by atoms with Crippen molar-refractivity contribution in [3.8, 4) is 0 Å². The molecule has 0 saturated carbocycles. The monoisotopic (exact) mass is 506 g/mol. The van der Waals surface area contributed by atoms with Crippen molar-refractivity contribution in [3.05, 3.63) is 79.9 Å². The van der Waals surface area contributed by atoms with Crippen LogP contribution in [0.3, 0.4) is 0 Å². The summed E-state index contributed by atoms with van der Waals surface area (Å²) < 4.78 is 2.73. The van der Waals surface area contributed by atoms with Crippen molar-refractivity contribution in [1.29, 1.82) is 0 Å². The van der Waals surface area contributed by atoms with Gasteiger partial charge in [0.2, 0.25) is 6.10 Å². The van der Waals surface area contributed by atoms with E-state index < -0.39 is 6.10 Å². The molecule has 0 aliphatic carbocycles. The van der Waals surface area contributed by atoms with Crippen LogP contribution in [0.2, 0.25) is 10.0 Å². The highest BCUT2D eigenvalue weighted by atomic mass is 79.9. The van der Waals surface area contributed by atoms with Crippen LogP contribution < -0.4 is 5.32 Å². The lowest BCUT2D eigenvalue weighted by Gasteiger charge is -2.08. The highest BCUT2D eigenvalue weighted by molar-refractivity contribution is 9.10. The maximum Gasteiger partial charge on any atom is 0.269 e. The quantitative estimate of drug-likeness (QED) is 0.499. The topological polar surface area (TPSA) is 68.5 Å². The van der Waals surface area contributed by atoms with Gasteiger partial charge in [-0.25, -0.2) is 0 Å². The molecule has 6 nitrogen and oxygen atoms in total. The molecule has 30 heavy (non-hydrogen) atoms. The van der Waals surface area contributed by atoms with Crippen LogP contribution in [0.1, 0.15) is 23.2 Å². The van der Waals surface area contributed by atoms with Crippen molar-refractivity contribution in [1.82, 2.24) is 9.78 Å². The first-order valence-corrected chi connectivity index (χ1v) is 10.7. The molecule has 1 unspecified atom stereocenters. The third kappa shape index (κ3) is 4.69. The molecule has 1 aliphatic rings. The Morgan fingerprint density at radius 2 is 2.07 bits per heavy atom. The standard InChI is InChI=1S/C21H17BrCl2N4O2/c1-12-7-20(26-28(12)11-13-5-6-16(23)17(24)8-13)25-21(29)19-10-18(27-30-19)14-3-2-4-15(22)9-14/h2-9,19H,10-11H2,1H3,(H,25,26,29). The van der Waals surface area contributed by atoms with E-state index in [1.54, 1.807) is 22.9 Å². The lowest BCUT2D eigenvalue weighted by molar-refractivity contribution is -0.125. The number of aryl methyl sites for hydroxylation is 1. The largest absolute Gasteiger partial charge is 0.382 e. The van der Waals surface area contributed by atoms with E-state index >= 15 is 0 Å². The fourth-order valence-electron chi connectivity index (χ4n) is 3.11. The summed E-state index contributed by atoms with van der Waals surface area (Å²) in [4.78, 5) is 18.0. The second-order valence-corrected chi connectivity index (χ2v) is 8.64. The van der Waals surface area contributed by atoms with Crippen LogP contribution in [0.15, 0.2) is 58.2 Å². The summed E-state index contributed by atoms with van der Waals surface area (Å²) in [6.45, 7) is 2.43. The zero-order valence-corrected chi connectivity index (χ0v) is 19.0. The molecule has 0 radical (unpaired) electrons. The summed E-state index contributed by atoms with van der Waals surface area (Å²) in [5.41, 5.74) is 3.51. The van der Waals surface area contributed by atoms with Gasteiger partial charge in [0.05, 0.1) is 22.3 Å². The number of hydrogen-bond donors (Lipinski definition) is 1. The van der Waals surface area contributed by atoms with Crippen LogP contribution in [0.4, 0.5) is 5.82 Å². The Morgan fingerprint density at radius 3 is 2.83 bits per heavy atom. The Morgan fingerprint density at radius 1 is 1.23 bits per heavy atom. The molecule has 1 atom stereocenters. The molecule has 4 rings (SSSR count). The summed E-state index contributed by atoms with van der Waals surface area (Å²) in [6, 6.07) is 15.0. The fraction of sp³-hybridized carbons (Fsp3) is 0.190. The number of aromatic nitrogens is 2. The molecule has 1 aromatic heterocycles. The highest BCUT2D eigenvalue weighted by Gasteiger charge is 2.29. The Kier molecular flexibility index (Phi) is 6.13. The van der Waals surface area contributed by atoms with Gasteiger partial charge in [0, 0.05) is 28.2 Å². The molecule has 2 aromatic carbocycles. The van der Waals surface area contributed by atoms with Crippen molar-refractivity contribution in [2.24, 2.45) is 5.16 Å². The van der Waals surface area contributed by atoms with Crippen LogP contribution in [0.25, 0.3) is 0 Å². The number of hydrogen-bond acceptors (Lipinski definition) is 4. The molecule has 1 amide bonds. The average molecular weight is 508 g/mol. The Labute approximate surface area is 191 Å². The van der Waals surface area contributed by atoms with Crippen molar-refractivity contribution < 1.29 is 9.63 Å². The smallest absolute Gasteiger partial charge is 0.269 e. The Balaban J connectivity index is 1.39. The molecule has 0 bridgehead atoms. The minimum atomic E-state index is -0.695. The van der Waals surface area contributed by atoms with E-state index in [9.17, 15) is 4.79 Å². The van der Waals surface area contributed by atoms with Gasteiger partial charge in [0.1, 0.15) is 0 Å². The van der Waals surface area contributed by atoms with E-state index in [0.29, 0.717) is 28.8 Å². The molecular formula is C21H17BrCl2N4O2. The molecule has 154 valence electrons. The number of amides is 1. The van der Waals surface area contributed by atoms with Gasteiger partial charge in [-0.1, -0.05) is 62.5 Å². The molecule has 9 heteroatoms. The minimum Gasteiger partial charge on any atom is -0.382 e. The van der Waals surface area contributed by atoms with Gasteiger partial charge in [-0.2, -0.15) is 5.10 Å². The van der Waals surface area contributed by atoms with Crippen molar-refractivity contribution in [3.63, 3.8) is 0 Å². The van der Waals surface area contributed by atoms with Crippen molar-refractivity contribution >= 4 is 56.6 Å². The van der Waals surface area contributed by atoms with Crippen molar-refractivity contribution in [2.75, 3.05) is 5.32 Å². The molecular weight excluding hydrogens is 491 g/mol. The van der Waals surface area contributed by atoms with Crippen molar-refractivity contribution in [2.45, 2.75) is 26.0 Å². The number of nitrogens with zero attached hydrogens (tertiary/aromatic N) is 3. The van der Waals surface area contributed by atoms with Crippen LogP contribution in [-0.2, 0) is 16.2 Å². The first-order chi connectivity index (χ1) is 14.4. The zero-order valence-electron chi connectivity index (χ0n) is 15.9. The van der Waals surface area contributed by atoms with Gasteiger partial charge < -0.3 is 10.2 Å². The van der Waals surface area contributed by atoms with Gasteiger partial charge in [0.15, 0.2) is 5.82 Å². The first-order valence-electron chi connectivity index (χ1n) is 9.17. The van der Waals surface area contributed by atoms with Gasteiger partial charge in [-0.15, -0.1) is 0 Å². The number of rotatable bonds is 5. The number of halogens is 3. The van der Waals surface area contributed by atoms with E-state index in [2.05, 4.69) is 31.5 Å². The lowest BCUT2D eigenvalue weighted by atomic mass is 10.0. The summed E-state index contributed by atoms with van der Waals surface area (Å²) in [7, 11) is 0. The molecule has 3 aromatic rings.